The summed E-state index contributed by atoms with van der Waals surface area (Å²) in [4.78, 5) is 0. The fraction of sp³-hybridized carbons (Fsp3) is 1.00. The third-order valence-corrected chi connectivity index (χ3v) is 5.66. The van der Waals surface area contributed by atoms with Crippen molar-refractivity contribution < 1.29 is 0 Å². The molecule has 1 aliphatic heterocycles. The van der Waals surface area contributed by atoms with Gasteiger partial charge in [-0.15, -0.1) is 0 Å². The highest BCUT2D eigenvalue weighted by Gasteiger charge is 2.51. The van der Waals surface area contributed by atoms with Crippen LogP contribution in [0.15, 0.2) is 0 Å². The second kappa shape index (κ2) is 2.75. The van der Waals surface area contributed by atoms with E-state index in [2.05, 4.69) is 5.32 Å². The Morgan fingerprint density at radius 1 is 0.643 bits per heavy atom. The number of nitrogens with one attached hydrogen (secondary N) is 1. The molecule has 1 nitrogen and oxygen atoms in total. The van der Waals surface area contributed by atoms with Gasteiger partial charge >= 0.3 is 0 Å². The van der Waals surface area contributed by atoms with E-state index in [0.717, 1.165) is 35.5 Å². The lowest BCUT2D eigenvalue weighted by molar-refractivity contribution is -0.0708. The van der Waals surface area contributed by atoms with Crippen molar-refractivity contribution in [3.05, 3.63) is 0 Å². The summed E-state index contributed by atoms with van der Waals surface area (Å²) in [6.07, 6.45) is 8.02. The summed E-state index contributed by atoms with van der Waals surface area (Å²) in [7, 11) is 0. The minimum absolute atomic E-state index is 1.07. The van der Waals surface area contributed by atoms with Crippen LogP contribution in [0, 0.1) is 35.5 Å². The molecule has 0 amide bonds. The molecule has 0 radical (unpaired) electrons. The average molecular weight is 191 g/mol. The van der Waals surface area contributed by atoms with Gasteiger partial charge in [0.1, 0.15) is 0 Å². The van der Waals surface area contributed by atoms with Gasteiger partial charge in [-0.05, 0) is 80.7 Å². The van der Waals surface area contributed by atoms with E-state index in [-0.39, 0.29) is 0 Å². The zero-order valence-corrected chi connectivity index (χ0v) is 8.91. The maximum atomic E-state index is 3.47. The molecule has 1 heterocycles. The van der Waals surface area contributed by atoms with E-state index < -0.39 is 0 Å². The van der Waals surface area contributed by atoms with Crippen LogP contribution in [0.2, 0.25) is 0 Å². The molecule has 78 valence electrons. The summed E-state index contributed by atoms with van der Waals surface area (Å²) >= 11 is 0. The summed E-state index contributed by atoms with van der Waals surface area (Å²) < 4.78 is 0. The Morgan fingerprint density at radius 2 is 1.21 bits per heavy atom. The molecule has 4 aliphatic carbocycles. The Balaban J connectivity index is 1.61. The molecular formula is C13H21N. The van der Waals surface area contributed by atoms with E-state index in [1.54, 1.807) is 32.1 Å². The highest BCUT2D eigenvalue weighted by Crippen LogP contribution is 2.58. The second-order valence-corrected chi connectivity index (χ2v) is 6.43. The molecule has 5 rings (SSSR count). The van der Waals surface area contributed by atoms with Crippen LogP contribution in [-0.2, 0) is 0 Å². The second-order valence-electron chi connectivity index (χ2n) is 6.43. The van der Waals surface area contributed by atoms with Crippen LogP contribution in [0.25, 0.3) is 0 Å². The lowest BCUT2D eigenvalue weighted by Crippen LogP contribution is -2.55. The Kier molecular flexibility index (Phi) is 1.60. The van der Waals surface area contributed by atoms with Crippen molar-refractivity contribution in [3.63, 3.8) is 0 Å². The summed E-state index contributed by atoms with van der Waals surface area (Å²) in [6, 6.07) is 0. The molecule has 4 bridgehead atoms. The minimum atomic E-state index is 1.07. The van der Waals surface area contributed by atoms with Crippen LogP contribution < -0.4 is 5.32 Å². The van der Waals surface area contributed by atoms with E-state index in [1.807, 2.05) is 0 Å². The Bertz CT molecular complexity index is 216. The first kappa shape index (κ1) is 8.15. The van der Waals surface area contributed by atoms with E-state index in [9.17, 15) is 0 Å². The van der Waals surface area contributed by atoms with Crippen LogP contribution in [0.3, 0.4) is 0 Å². The minimum Gasteiger partial charge on any atom is -0.316 e. The van der Waals surface area contributed by atoms with Crippen molar-refractivity contribution in [1.82, 2.24) is 5.32 Å². The third kappa shape index (κ3) is 0.997. The van der Waals surface area contributed by atoms with E-state index >= 15 is 0 Å². The summed E-state index contributed by atoms with van der Waals surface area (Å²) in [5.41, 5.74) is 0. The van der Waals surface area contributed by atoms with E-state index in [1.165, 1.54) is 13.1 Å². The monoisotopic (exact) mass is 191 g/mol. The van der Waals surface area contributed by atoms with Gasteiger partial charge in [0, 0.05) is 0 Å². The summed E-state index contributed by atoms with van der Waals surface area (Å²) in [5, 5.41) is 3.47. The van der Waals surface area contributed by atoms with Gasteiger partial charge in [-0.1, -0.05) is 0 Å². The summed E-state index contributed by atoms with van der Waals surface area (Å²) in [5.74, 6) is 6.83. The third-order valence-electron chi connectivity index (χ3n) is 5.66. The molecule has 5 fully saturated rings. The smallest absolute Gasteiger partial charge is 0.000539 e. The molecule has 1 saturated heterocycles. The van der Waals surface area contributed by atoms with Crippen molar-refractivity contribution in [2.24, 2.45) is 35.5 Å². The quantitative estimate of drug-likeness (QED) is 0.670. The fourth-order valence-corrected chi connectivity index (χ4v) is 5.32. The van der Waals surface area contributed by atoms with Crippen molar-refractivity contribution in [1.29, 1.82) is 0 Å². The average Bonchev–Trinajstić information content (AvgIpc) is 2.06. The van der Waals surface area contributed by atoms with Crippen LogP contribution in [0.5, 0.6) is 0 Å². The number of hydrogen-bond acceptors (Lipinski definition) is 1. The molecule has 4 saturated carbocycles. The molecule has 14 heavy (non-hydrogen) atoms. The van der Waals surface area contributed by atoms with Gasteiger partial charge in [0.2, 0.25) is 0 Å². The molecule has 0 spiro atoms. The summed E-state index contributed by atoms with van der Waals surface area (Å²) in [6.45, 7) is 2.68. The zero-order valence-electron chi connectivity index (χ0n) is 8.91. The van der Waals surface area contributed by atoms with Crippen molar-refractivity contribution in [2.75, 3.05) is 13.1 Å². The van der Waals surface area contributed by atoms with E-state index in [0.29, 0.717) is 0 Å². The lowest BCUT2D eigenvalue weighted by atomic mass is 9.49. The first-order chi connectivity index (χ1) is 6.90. The van der Waals surface area contributed by atoms with Crippen molar-refractivity contribution in [2.45, 2.75) is 32.1 Å². The normalized spacial score (nSPS) is 56.1. The van der Waals surface area contributed by atoms with Crippen LogP contribution >= 0.6 is 0 Å². The van der Waals surface area contributed by atoms with Gasteiger partial charge in [0.15, 0.2) is 0 Å². The van der Waals surface area contributed by atoms with Crippen molar-refractivity contribution >= 4 is 0 Å². The van der Waals surface area contributed by atoms with Gasteiger partial charge in [0.25, 0.3) is 0 Å². The SMILES string of the molecule is C1C2CC3CC1CC(C2)C3C1CNC1. The van der Waals surface area contributed by atoms with Crippen LogP contribution in [-0.4, -0.2) is 13.1 Å². The van der Waals surface area contributed by atoms with Gasteiger partial charge in [-0.25, -0.2) is 0 Å². The molecule has 0 aromatic rings. The highest BCUT2D eigenvalue weighted by atomic mass is 15.0. The molecule has 5 aliphatic rings. The molecule has 0 atom stereocenters. The largest absolute Gasteiger partial charge is 0.316 e. The predicted octanol–water partition coefficient (Wildman–Crippen LogP) is 2.28. The van der Waals surface area contributed by atoms with Gasteiger partial charge in [0.05, 0.1) is 0 Å². The molecule has 0 aromatic heterocycles. The Morgan fingerprint density at radius 3 is 1.64 bits per heavy atom. The molecule has 1 N–H and O–H groups in total. The first-order valence-corrected chi connectivity index (χ1v) is 6.61. The lowest BCUT2D eigenvalue weighted by Gasteiger charge is -2.58. The highest BCUT2D eigenvalue weighted by molar-refractivity contribution is 5.02. The zero-order chi connectivity index (χ0) is 9.12. The molecule has 1 heteroatoms. The van der Waals surface area contributed by atoms with Crippen LogP contribution in [0.4, 0.5) is 0 Å². The van der Waals surface area contributed by atoms with Crippen molar-refractivity contribution in [3.8, 4) is 0 Å². The fourth-order valence-electron chi connectivity index (χ4n) is 5.32. The van der Waals surface area contributed by atoms with Gasteiger partial charge in [-0.3, -0.25) is 0 Å². The Hall–Kier alpha value is -0.0400. The topological polar surface area (TPSA) is 12.0 Å². The van der Waals surface area contributed by atoms with Crippen LogP contribution in [0.1, 0.15) is 32.1 Å². The maximum absolute atomic E-state index is 3.47. The molecular weight excluding hydrogens is 170 g/mol. The first-order valence-electron chi connectivity index (χ1n) is 6.61. The molecule has 0 aromatic carbocycles. The maximum Gasteiger partial charge on any atom is -0.000539 e. The molecule has 0 unspecified atom stereocenters. The number of rotatable bonds is 1. The number of hydrogen-bond donors (Lipinski definition) is 1. The van der Waals surface area contributed by atoms with E-state index in [4.69, 9.17) is 0 Å². The Labute approximate surface area is 86.6 Å². The van der Waals surface area contributed by atoms with Gasteiger partial charge < -0.3 is 5.32 Å². The standard InChI is InChI=1S/C13H21N/c1-8-2-10-4-9(1)5-11(3-8)13(10)12-6-14-7-12/h8-14H,1-7H2. The van der Waals surface area contributed by atoms with Gasteiger partial charge in [-0.2, -0.15) is 0 Å². The predicted molar refractivity (Wildman–Crippen MR) is 56.9 cm³/mol.